The van der Waals surface area contributed by atoms with Crippen LogP contribution in [0.3, 0.4) is 0 Å². The topological polar surface area (TPSA) is 85.7 Å². The third kappa shape index (κ3) is 4.22. The zero-order valence-corrected chi connectivity index (χ0v) is 19.3. The second kappa shape index (κ2) is 8.53. The van der Waals surface area contributed by atoms with Gasteiger partial charge in [0.2, 0.25) is 0 Å². The van der Waals surface area contributed by atoms with Crippen LogP contribution >= 0.6 is 0 Å². The molecule has 7 nitrogen and oxygen atoms in total. The molecule has 2 N–H and O–H groups in total. The minimum atomic E-state index is -0.348. The molecular formula is C26H33N3O4. The number of aliphatic hydroxyl groups excluding tert-OH is 1. The summed E-state index contributed by atoms with van der Waals surface area (Å²) in [5.41, 5.74) is 5.37. The first kappa shape index (κ1) is 21.3. The number of anilines is 1. The van der Waals surface area contributed by atoms with Gasteiger partial charge in [0.25, 0.3) is 0 Å². The molecule has 2 atom stereocenters. The van der Waals surface area contributed by atoms with Gasteiger partial charge in [0.15, 0.2) is 12.6 Å². The smallest absolute Gasteiger partial charge is 0.188 e. The number of fused-ring (bicyclic) bond motifs is 1. The summed E-state index contributed by atoms with van der Waals surface area (Å²) in [6.45, 7) is 0.723. The molecule has 1 spiro atoms. The van der Waals surface area contributed by atoms with Gasteiger partial charge in [-0.1, -0.05) is 18.9 Å². The Kier molecular flexibility index (Phi) is 5.51. The van der Waals surface area contributed by atoms with Gasteiger partial charge in [0.1, 0.15) is 11.4 Å². The number of hydrogen-bond acceptors (Lipinski definition) is 7. The maximum absolute atomic E-state index is 10.5. The van der Waals surface area contributed by atoms with Crippen LogP contribution in [0, 0.1) is 0 Å². The van der Waals surface area contributed by atoms with E-state index < -0.39 is 0 Å². The lowest BCUT2D eigenvalue weighted by Gasteiger charge is -2.32. The van der Waals surface area contributed by atoms with Crippen LogP contribution < -0.4 is 10.1 Å². The van der Waals surface area contributed by atoms with Crippen LogP contribution in [-0.4, -0.2) is 47.0 Å². The predicted octanol–water partition coefficient (Wildman–Crippen LogP) is 4.32. The normalized spacial score (nSPS) is 25.5. The molecule has 2 aromatic rings. The second-order valence-corrected chi connectivity index (χ2v) is 10.2. The minimum Gasteiger partial charge on any atom is -0.467 e. The molecule has 0 unspecified atom stereocenters. The highest BCUT2D eigenvalue weighted by atomic mass is 16.7. The zero-order chi connectivity index (χ0) is 22.4. The van der Waals surface area contributed by atoms with E-state index >= 15 is 0 Å². The van der Waals surface area contributed by atoms with Crippen LogP contribution in [0.5, 0.6) is 5.75 Å². The van der Waals surface area contributed by atoms with E-state index in [1.165, 1.54) is 24.0 Å². The zero-order valence-electron chi connectivity index (χ0n) is 19.3. The average molecular weight is 452 g/mol. The summed E-state index contributed by atoms with van der Waals surface area (Å²) in [4.78, 5) is 0. The number of aliphatic hydroxyl groups is 1. The largest absolute Gasteiger partial charge is 0.467 e. The Morgan fingerprint density at radius 1 is 1.12 bits per heavy atom. The van der Waals surface area contributed by atoms with Crippen molar-refractivity contribution >= 4 is 5.82 Å². The van der Waals surface area contributed by atoms with Crippen LogP contribution in [0.4, 0.5) is 5.82 Å². The Morgan fingerprint density at radius 2 is 1.97 bits per heavy atom. The number of rotatable bonds is 7. The number of nitrogens with one attached hydrogen (secondary N) is 1. The quantitative estimate of drug-likeness (QED) is 0.606. The van der Waals surface area contributed by atoms with Gasteiger partial charge in [-0.15, -0.1) is 10.2 Å². The molecule has 33 heavy (non-hydrogen) atoms. The number of ether oxygens (including phenoxy) is 3. The lowest BCUT2D eigenvalue weighted by molar-refractivity contribution is 0.00821. The van der Waals surface area contributed by atoms with E-state index in [0.717, 1.165) is 73.3 Å². The summed E-state index contributed by atoms with van der Waals surface area (Å²) in [6.07, 6.45) is 9.13. The van der Waals surface area contributed by atoms with E-state index in [-0.39, 0.29) is 24.5 Å². The third-order valence-electron chi connectivity index (χ3n) is 7.71. The van der Waals surface area contributed by atoms with Gasteiger partial charge in [-0.25, -0.2) is 0 Å². The van der Waals surface area contributed by atoms with Crippen molar-refractivity contribution in [3.8, 4) is 17.0 Å². The molecule has 3 aliphatic carbocycles. The van der Waals surface area contributed by atoms with Gasteiger partial charge in [-0.3, -0.25) is 0 Å². The van der Waals surface area contributed by atoms with Crippen molar-refractivity contribution in [2.75, 3.05) is 19.2 Å². The number of hydrogen-bond donors (Lipinski definition) is 2. The first-order valence-electron chi connectivity index (χ1n) is 12.4. The van der Waals surface area contributed by atoms with Crippen molar-refractivity contribution in [2.24, 2.45) is 0 Å². The molecule has 0 bridgehead atoms. The first-order chi connectivity index (χ1) is 16.2. The first-order valence-corrected chi connectivity index (χ1v) is 12.4. The van der Waals surface area contributed by atoms with Crippen molar-refractivity contribution in [1.29, 1.82) is 0 Å². The Labute approximate surface area is 194 Å². The van der Waals surface area contributed by atoms with E-state index in [1.54, 1.807) is 7.11 Å². The SMILES string of the molecule is COCOc1cc(C2CC2)ccc1-c1nnc(N[C@@H]2CCCC[C@H]2O)c2c1CC1(CC1)OC2. The average Bonchev–Trinajstić information content (AvgIpc) is 3.77. The van der Waals surface area contributed by atoms with Crippen LogP contribution in [0.2, 0.25) is 0 Å². The van der Waals surface area contributed by atoms with Crippen molar-refractivity contribution < 1.29 is 19.3 Å². The van der Waals surface area contributed by atoms with Crippen molar-refractivity contribution in [2.45, 2.75) is 88.1 Å². The second-order valence-electron chi connectivity index (χ2n) is 10.2. The lowest BCUT2D eigenvalue weighted by atomic mass is 9.91. The summed E-state index contributed by atoms with van der Waals surface area (Å²) in [7, 11) is 1.64. The molecule has 1 aliphatic heterocycles. The van der Waals surface area contributed by atoms with Crippen LogP contribution in [-0.2, 0) is 22.5 Å². The molecule has 0 amide bonds. The Balaban J connectivity index is 1.40. The Morgan fingerprint density at radius 3 is 2.73 bits per heavy atom. The van der Waals surface area contributed by atoms with Gasteiger partial charge in [0.05, 0.1) is 24.4 Å². The van der Waals surface area contributed by atoms with E-state index in [9.17, 15) is 5.11 Å². The summed E-state index contributed by atoms with van der Waals surface area (Å²) in [5, 5.41) is 23.3. The molecule has 3 fully saturated rings. The third-order valence-corrected chi connectivity index (χ3v) is 7.71. The van der Waals surface area contributed by atoms with Gasteiger partial charge in [0, 0.05) is 24.7 Å². The van der Waals surface area contributed by atoms with Gasteiger partial charge >= 0.3 is 0 Å². The maximum Gasteiger partial charge on any atom is 0.188 e. The highest BCUT2D eigenvalue weighted by Crippen LogP contribution is 2.50. The molecule has 0 saturated heterocycles. The number of benzene rings is 1. The molecule has 6 rings (SSSR count). The van der Waals surface area contributed by atoms with E-state index in [1.807, 2.05) is 0 Å². The monoisotopic (exact) mass is 451 g/mol. The van der Waals surface area contributed by atoms with Crippen molar-refractivity contribution in [1.82, 2.24) is 10.2 Å². The minimum absolute atomic E-state index is 0.0123. The van der Waals surface area contributed by atoms with Crippen molar-refractivity contribution in [3.63, 3.8) is 0 Å². The summed E-state index contributed by atoms with van der Waals surface area (Å²) in [6, 6.07) is 6.50. The fourth-order valence-corrected chi connectivity index (χ4v) is 5.35. The number of aromatic nitrogens is 2. The van der Waals surface area contributed by atoms with Crippen LogP contribution in [0.1, 0.15) is 74.0 Å². The van der Waals surface area contributed by atoms with Crippen LogP contribution in [0.25, 0.3) is 11.3 Å². The molecule has 176 valence electrons. The van der Waals surface area contributed by atoms with E-state index in [2.05, 4.69) is 28.6 Å². The maximum atomic E-state index is 10.5. The summed E-state index contributed by atoms with van der Waals surface area (Å²) < 4.78 is 17.5. The molecule has 4 aliphatic rings. The predicted molar refractivity (Wildman–Crippen MR) is 124 cm³/mol. The molecule has 1 aromatic heterocycles. The van der Waals surface area contributed by atoms with Crippen molar-refractivity contribution in [3.05, 3.63) is 34.9 Å². The molecule has 0 radical (unpaired) electrons. The van der Waals surface area contributed by atoms with Gasteiger partial charge in [-0.05, 0) is 67.7 Å². The standard InChI is InChI=1S/C26H33N3O4/c1-31-15-32-23-12-17(16-6-7-16)8-9-18(23)24-19-13-26(10-11-26)33-14-20(19)25(29-28-24)27-21-4-2-3-5-22(21)30/h8-9,12,16,21-22,30H,2-7,10-11,13-15H2,1H3,(H,27,29)/t21-,22-/m1/s1. The van der Waals surface area contributed by atoms with Gasteiger partial charge < -0.3 is 24.6 Å². The Bertz CT molecular complexity index is 1030. The molecule has 3 saturated carbocycles. The van der Waals surface area contributed by atoms with Crippen LogP contribution in [0.15, 0.2) is 18.2 Å². The fraction of sp³-hybridized carbons (Fsp3) is 0.615. The highest BCUT2D eigenvalue weighted by molar-refractivity contribution is 5.74. The number of methoxy groups -OCH3 is 1. The molecule has 2 heterocycles. The number of nitrogens with zero attached hydrogens (tertiary/aromatic N) is 2. The van der Waals surface area contributed by atoms with E-state index in [4.69, 9.17) is 19.3 Å². The molecule has 7 heteroatoms. The molecule has 1 aromatic carbocycles. The Hall–Kier alpha value is -2.22. The van der Waals surface area contributed by atoms with Gasteiger partial charge in [-0.2, -0.15) is 0 Å². The van der Waals surface area contributed by atoms with E-state index in [0.29, 0.717) is 12.5 Å². The molecular weight excluding hydrogens is 418 g/mol. The highest BCUT2D eigenvalue weighted by Gasteiger charge is 2.48. The fourth-order valence-electron chi connectivity index (χ4n) is 5.35. The summed E-state index contributed by atoms with van der Waals surface area (Å²) in [5.74, 6) is 2.20. The lowest BCUT2D eigenvalue weighted by Crippen LogP contribution is -2.37. The summed E-state index contributed by atoms with van der Waals surface area (Å²) >= 11 is 0.